The van der Waals surface area contributed by atoms with Crippen molar-refractivity contribution in [1.29, 1.82) is 0 Å². The van der Waals surface area contributed by atoms with Crippen molar-refractivity contribution >= 4 is 23.5 Å². The molecule has 4 nitrogen and oxygen atoms in total. The molecular weight excluding hydrogens is 266 g/mol. The third kappa shape index (κ3) is 5.75. The van der Waals surface area contributed by atoms with E-state index in [1.165, 1.54) is 0 Å². The SMILES string of the molecule is CC(CC(=O)O)CC(=O)N(C)Cc1cccc(Cl)c1. The van der Waals surface area contributed by atoms with Crippen LogP contribution in [0.4, 0.5) is 0 Å². The lowest BCUT2D eigenvalue weighted by atomic mass is 10.0. The number of nitrogens with zero attached hydrogens (tertiary/aromatic N) is 1. The lowest BCUT2D eigenvalue weighted by Gasteiger charge is -2.19. The van der Waals surface area contributed by atoms with E-state index in [4.69, 9.17) is 16.7 Å². The zero-order chi connectivity index (χ0) is 14.4. The van der Waals surface area contributed by atoms with Gasteiger partial charge >= 0.3 is 5.97 Å². The monoisotopic (exact) mass is 283 g/mol. The molecule has 104 valence electrons. The number of amides is 1. The van der Waals surface area contributed by atoms with Crippen LogP contribution in [0.2, 0.25) is 5.02 Å². The van der Waals surface area contributed by atoms with E-state index < -0.39 is 5.97 Å². The minimum Gasteiger partial charge on any atom is -0.481 e. The molecule has 1 aromatic carbocycles. The van der Waals surface area contributed by atoms with E-state index in [9.17, 15) is 9.59 Å². The summed E-state index contributed by atoms with van der Waals surface area (Å²) in [6, 6.07) is 7.33. The van der Waals surface area contributed by atoms with E-state index in [0.717, 1.165) is 5.56 Å². The summed E-state index contributed by atoms with van der Waals surface area (Å²) in [7, 11) is 1.71. The van der Waals surface area contributed by atoms with Gasteiger partial charge in [0, 0.05) is 31.5 Å². The summed E-state index contributed by atoms with van der Waals surface area (Å²) in [6.07, 6.45) is 0.250. The summed E-state index contributed by atoms with van der Waals surface area (Å²) in [6.45, 7) is 2.23. The molecule has 1 rings (SSSR count). The predicted octanol–water partition coefficient (Wildman–Crippen LogP) is 2.80. The fourth-order valence-corrected chi connectivity index (χ4v) is 2.03. The minimum absolute atomic E-state index is 0.0107. The molecule has 0 spiro atoms. The number of carboxylic acid groups (broad SMARTS) is 1. The number of carboxylic acids is 1. The Morgan fingerprint density at radius 2 is 2.05 bits per heavy atom. The Hall–Kier alpha value is -1.55. The van der Waals surface area contributed by atoms with Gasteiger partial charge in [0.2, 0.25) is 5.91 Å². The summed E-state index contributed by atoms with van der Waals surface area (Å²) in [5, 5.41) is 9.30. The maximum Gasteiger partial charge on any atom is 0.303 e. The molecule has 1 unspecified atom stereocenters. The quantitative estimate of drug-likeness (QED) is 0.873. The van der Waals surface area contributed by atoms with Crippen LogP contribution in [0.25, 0.3) is 0 Å². The fourth-order valence-electron chi connectivity index (χ4n) is 1.82. The molecule has 0 aromatic heterocycles. The van der Waals surface area contributed by atoms with Crippen LogP contribution in [0.3, 0.4) is 0 Å². The molecule has 0 aliphatic rings. The minimum atomic E-state index is -0.877. The molecule has 0 radical (unpaired) electrons. The van der Waals surface area contributed by atoms with Crippen molar-refractivity contribution in [2.45, 2.75) is 26.3 Å². The molecule has 0 aliphatic heterocycles. The largest absolute Gasteiger partial charge is 0.481 e. The molecule has 19 heavy (non-hydrogen) atoms. The fraction of sp³-hybridized carbons (Fsp3) is 0.429. The molecule has 1 aromatic rings. The average Bonchev–Trinajstić information content (AvgIpc) is 2.27. The van der Waals surface area contributed by atoms with Gasteiger partial charge in [0.25, 0.3) is 0 Å². The third-order valence-electron chi connectivity index (χ3n) is 2.78. The van der Waals surface area contributed by atoms with Crippen molar-refractivity contribution in [3.8, 4) is 0 Å². The van der Waals surface area contributed by atoms with Crippen molar-refractivity contribution in [2.75, 3.05) is 7.05 Å². The molecule has 1 N–H and O–H groups in total. The van der Waals surface area contributed by atoms with Gasteiger partial charge in [-0.05, 0) is 23.6 Å². The summed E-state index contributed by atoms with van der Waals surface area (Å²) < 4.78 is 0. The molecule has 5 heteroatoms. The van der Waals surface area contributed by atoms with Crippen LogP contribution >= 0.6 is 11.6 Å². The zero-order valence-corrected chi connectivity index (χ0v) is 11.9. The first kappa shape index (κ1) is 15.5. The molecule has 1 atom stereocenters. The van der Waals surface area contributed by atoms with Gasteiger partial charge in [-0.3, -0.25) is 9.59 Å². The van der Waals surface area contributed by atoms with Gasteiger partial charge in [-0.25, -0.2) is 0 Å². The predicted molar refractivity (Wildman–Crippen MR) is 74.0 cm³/mol. The van der Waals surface area contributed by atoms with Crippen LogP contribution in [0, 0.1) is 5.92 Å². The van der Waals surface area contributed by atoms with E-state index in [1.54, 1.807) is 24.9 Å². The summed E-state index contributed by atoms with van der Waals surface area (Å²) in [5.74, 6) is -1.10. The van der Waals surface area contributed by atoms with E-state index in [0.29, 0.717) is 11.6 Å². The molecule has 0 heterocycles. The van der Waals surface area contributed by atoms with Gasteiger partial charge in [0.05, 0.1) is 0 Å². The van der Waals surface area contributed by atoms with Crippen LogP contribution in [0.1, 0.15) is 25.3 Å². The number of aliphatic carboxylic acids is 1. The first-order valence-corrected chi connectivity index (χ1v) is 6.46. The number of rotatable bonds is 6. The average molecular weight is 284 g/mol. The highest BCUT2D eigenvalue weighted by molar-refractivity contribution is 6.30. The molecule has 0 bridgehead atoms. The maximum absolute atomic E-state index is 11.9. The second-order valence-corrected chi connectivity index (χ2v) is 5.22. The van der Waals surface area contributed by atoms with Crippen molar-refractivity contribution in [3.05, 3.63) is 34.9 Å². The Morgan fingerprint density at radius 3 is 2.63 bits per heavy atom. The topological polar surface area (TPSA) is 57.6 Å². The highest BCUT2D eigenvalue weighted by Crippen LogP contribution is 2.14. The van der Waals surface area contributed by atoms with Crippen LogP contribution in [-0.2, 0) is 16.1 Å². The number of carbonyl (C=O) groups is 2. The molecule has 0 saturated heterocycles. The van der Waals surface area contributed by atoms with Crippen molar-refractivity contribution in [2.24, 2.45) is 5.92 Å². The highest BCUT2D eigenvalue weighted by Gasteiger charge is 2.16. The standard InChI is InChI=1S/C14H18ClNO3/c1-10(7-14(18)19)6-13(17)16(2)9-11-4-3-5-12(15)8-11/h3-5,8,10H,6-7,9H2,1-2H3,(H,18,19). The van der Waals surface area contributed by atoms with Crippen LogP contribution < -0.4 is 0 Å². The number of benzene rings is 1. The van der Waals surface area contributed by atoms with Crippen molar-refractivity contribution < 1.29 is 14.7 Å². The van der Waals surface area contributed by atoms with Gasteiger partial charge < -0.3 is 10.0 Å². The molecule has 1 amide bonds. The molecule has 0 fully saturated rings. The summed E-state index contributed by atoms with van der Waals surface area (Å²) >= 11 is 5.88. The third-order valence-corrected chi connectivity index (χ3v) is 3.02. The molecular formula is C14H18ClNO3. The number of carbonyl (C=O) groups excluding carboxylic acids is 1. The Bertz CT molecular complexity index is 462. The Balaban J connectivity index is 2.51. The zero-order valence-electron chi connectivity index (χ0n) is 11.1. The lowest BCUT2D eigenvalue weighted by Crippen LogP contribution is -2.28. The first-order chi connectivity index (χ1) is 8.88. The van der Waals surface area contributed by atoms with Crippen molar-refractivity contribution in [1.82, 2.24) is 4.90 Å². The molecule has 0 aliphatic carbocycles. The van der Waals surface area contributed by atoms with E-state index in [1.807, 2.05) is 18.2 Å². The maximum atomic E-state index is 11.9. The van der Waals surface area contributed by atoms with Crippen molar-refractivity contribution in [3.63, 3.8) is 0 Å². The lowest BCUT2D eigenvalue weighted by molar-refractivity contribution is -0.138. The Kier molecular flexibility index (Phi) is 5.83. The second kappa shape index (κ2) is 7.14. The number of hydrogen-bond acceptors (Lipinski definition) is 2. The Labute approximate surface area is 118 Å². The highest BCUT2D eigenvalue weighted by atomic mass is 35.5. The van der Waals surface area contributed by atoms with Gasteiger partial charge in [0.1, 0.15) is 0 Å². The number of hydrogen-bond donors (Lipinski definition) is 1. The van der Waals surface area contributed by atoms with Gasteiger partial charge in [-0.15, -0.1) is 0 Å². The Morgan fingerprint density at radius 1 is 1.37 bits per heavy atom. The van der Waals surface area contributed by atoms with Gasteiger partial charge in [-0.2, -0.15) is 0 Å². The molecule has 0 saturated carbocycles. The van der Waals surface area contributed by atoms with E-state index in [-0.39, 0.29) is 24.7 Å². The number of halogens is 1. The van der Waals surface area contributed by atoms with Gasteiger partial charge in [-0.1, -0.05) is 30.7 Å². The first-order valence-electron chi connectivity index (χ1n) is 6.08. The van der Waals surface area contributed by atoms with Crippen LogP contribution in [0.5, 0.6) is 0 Å². The summed E-state index contributed by atoms with van der Waals surface area (Å²) in [4.78, 5) is 24.1. The van der Waals surface area contributed by atoms with E-state index >= 15 is 0 Å². The summed E-state index contributed by atoms with van der Waals surface area (Å²) in [5.41, 5.74) is 0.953. The van der Waals surface area contributed by atoms with E-state index in [2.05, 4.69) is 0 Å². The van der Waals surface area contributed by atoms with Crippen LogP contribution in [-0.4, -0.2) is 28.9 Å². The smallest absolute Gasteiger partial charge is 0.303 e. The second-order valence-electron chi connectivity index (χ2n) is 4.79. The normalized spacial score (nSPS) is 11.9. The van der Waals surface area contributed by atoms with Gasteiger partial charge in [0.15, 0.2) is 0 Å². The van der Waals surface area contributed by atoms with Crippen LogP contribution in [0.15, 0.2) is 24.3 Å².